The van der Waals surface area contributed by atoms with Crippen LogP contribution in [0.3, 0.4) is 0 Å². The van der Waals surface area contributed by atoms with Crippen molar-refractivity contribution in [3.8, 4) is 0 Å². The van der Waals surface area contributed by atoms with Crippen molar-refractivity contribution < 1.29 is 9.59 Å². The van der Waals surface area contributed by atoms with E-state index in [1.54, 1.807) is 37.3 Å². The van der Waals surface area contributed by atoms with E-state index in [1.807, 2.05) is 13.0 Å². The Kier molecular flexibility index (Phi) is 3.93. The standard InChI is InChI=1S/C16H17N3O2/c1-9-3-5-13(17)12(7-9)16(21)19-14-6-4-11(15(18)20)8-10(14)2/h3-8H,17H2,1-2H3,(H2,18,20)(H,19,21). The highest BCUT2D eigenvalue weighted by atomic mass is 16.2. The molecule has 0 atom stereocenters. The van der Waals surface area contributed by atoms with Crippen molar-refractivity contribution in [3.63, 3.8) is 0 Å². The summed E-state index contributed by atoms with van der Waals surface area (Å²) in [5, 5.41) is 2.79. The number of anilines is 2. The Balaban J connectivity index is 2.27. The number of carbonyl (C=O) groups is 2. The SMILES string of the molecule is Cc1ccc(N)c(C(=O)Nc2ccc(C(N)=O)cc2C)c1. The van der Waals surface area contributed by atoms with E-state index in [4.69, 9.17) is 11.5 Å². The van der Waals surface area contributed by atoms with Crippen LogP contribution in [0, 0.1) is 13.8 Å². The molecule has 0 aliphatic rings. The van der Waals surface area contributed by atoms with E-state index in [0.717, 1.165) is 11.1 Å². The van der Waals surface area contributed by atoms with Gasteiger partial charge in [-0.1, -0.05) is 11.6 Å². The second-order valence-electron chi connectivity index (χ2n) is 4.94. The Morgan fingerprint density at radius 1 is 1.05 bits per heavy atom. The van der Waals surface area contributed by atoms with Gasteiger partial charge < -0.3 is 16.8 Å². The topological polar surface area (TPSA) is 98.2 Å². The van der Waals surface area contributed by atoms with Crippen LogP contribution in [0.25, 0.3) is 0 Å². The number of aryl methyl sites for hydroxylation is 2. The summed E-state index contributed by atoms with van der Waals surface area (Å²) >= 11 is 0. The van der Waals surface area contributed by atoms with Gasteiger partial charge in [-0.3, -0.25) is 9.59 Å². The Morgan fingerprint density at radius 3 is 2.38 bits per heavy atom. The van der Waals surface area contributed by atoms with Crippen molar-refractivity contribution in [1.29, 1.82) is 0 Å². The number of amides is 2. The van der Waals surface area contributed by atoms with Gasteiger partial charge in [-0.25, -0.2) is 0 Å². The van der Waals surface area contributed by atoms with Gasteiger partial charge in [0.2, 0.25) is 5.91 Å². The third kappa shape index (κ3) is 3.20. The molecule has 108 valence electrons. The molecule has 0 bridgehead atoms. The Morgan fingerprint density at radius 2 is 1.76 bits per heavy atom. The van der Waals surface area contributed by atoms with Gasteiger partial charge in [0.25, 0.3) is 5.91 Å². The van der Waals surface area contributed by atoms with Crippen molar-refractivity contribution in [1.82, 2.24) is 0 Å². The van der Waals surface area contributed by atoms with Crippen LogP contribution in [0.4, 0.5) is 11.4 Å². The summed E-state index contributed by atoms with van der Waals surface area (Å²) in [7, 11) is 0. The summed E-state index contributed by atoms with van der Waals surface area (Å²) in [4.78, 5) is 23.4. The zero-order chi connectivity index (χ0) is 15.6. The fraction of sp³-hybridized carbons (Fsp3) is 0.125. The zero-order valence-electron chi connectivity index (χ0n) is 11.9. The minimum Gasteiger partial charge on any atom is -0.398 e. The van der Waals surface area contributed by atoms with E-state index in [0.29, 0.717) is 22.5 Å². The highest BCUT2D eigenvalue weighted by molar-refractivity contribution is 6.08. The fourth-order valence-corrected chi connectivity index (χ4v) is 2.01. The predicted molar refractivity (Wildman–Crippen MR) is 83.2 cm³/mol. The van der Waals surface area contributed by atoms with E-state index in [2.05, 4.69) is 5.32 Å². The highest BCUT2D eigenvalue weighted by Gasteiger charge is 2.12. The maximum absolute atomic E-state index is 12.3. The lowest BCUT2D eigenvalue weighted by Gasteiger charge is -2.11. The van der Waals surface area contributed by atoms with Crippen molar-refractivity contribution in [2.24, 2.45) is 5.73 Å². The molecule has 0 unspecified atom stereocenters. The van der Waals surface area contributed by atoms with Gasteiger partial charge in [-0.2, -0.15) is 0 Å². The molecule has 2 aromatic carbocycles. The third-order valence-corrected chi connectivity index (χ3v) is 3.21. The van der Waals surface area contributed by atoms with E-state index in [1.165, 1.54) is 0 Å². The molecule has 0 saturated heterocycles. The molecule has 0 heterocycles. The first kappa shape index (κ1) is 14.6. The molecule has 5 nitrogen and oxygen atoms in total. The van der Waals surface area contributed by atoms with Crippen LogP contribution in [0.2, 0.25) is 0 Å². The van der Waals surface area contributed by atoms with Crippen LogP contribution in [-0.4, -0.2) is 11.8 Å². The number of benzene rings is 2. The molecule has 0 fully saturated rings. The molecule has 0 aromatic heterocycles. The Bertz CT molecular complexity index is 723. The molecule has 0 aliphatic carbocycles. The molecule has 5 heteroatoms. The molecule has 0 aliphatic heterocycles. The number of nitrogen functional groups attached to an aromatic ring is 1. The van der Waals surface area contributed by atoms with E-state index in [-0.39, 0.29) is 5.91 Å². The molecule has 2 amide bonds. The van der Waals surface area contributed by atoms with Gasteiger partial charge >= 0.3 is 0 Å². The van der Waals surface area contributed by atoms with E-state index < -0.39 is 5.91 Å². The second-order valence-corrected chi connectivity index (χ2v) is 4.94. The zero-order valence-corrected chi connectivity index (χ0v) is 11.9. The van der Waals surface area contributed by atoms with Gasteiger partial charge in [0.1, 0.15) is 0 Å². The largest absolute Gasteiger partial charge is 0.398 e. The normalized spacial score (nSPS) is 10.2. The Labute approximate surface area is 123 Å². The van der Waals surface area contributed by atoms with Gasteiger partial charge in [0.05, 0.1) is 5.56 Å². The summed E-state index contributed by atoms with van der Waals surface area (Å²) in [6, 6.07) is 10.1. The molecule has 5 N–H and O–H groups in total. The number of rotatable bonds is 3. The fourth-order valence-electron chi connectivity index (χ4n) is 2.01. The molecule has 21 heavy (non-hydrogen) atoms. The van der Waals surface area contributed by atoms with Crippen LogP contribution >= 0.6 is 0 Å². The second kappa shape index (κ2) is 5.66. The molecule has 2 aromatic rings. The summed E-state index contributed by atoms with van der Waals surface area (Å²) in [5.74, 6) is -0.787. The smallest absolute Gasteiger partial charge is 0.257 e. The summed E-state index contributed by atoms with van der Waals surface area (Å²) < 4.78 is 0. The van der Waals surface area contributed by atoms with Crippen molar-refractivity contribution >= 4 is 23.2 Å². The number of hydrogen-bond donors (Lipinski definition) is 3. The van der Waals surface area contributed by atoms with Gasteiger partial charge in [-0.05, 0) is 49.7 Å². The first-order chi connectivity index (χ1) is 9.88. The van der Waals surface area contributed by atoms with Crippen molar-refractivity contribution in [2.45, 2.75) is 13.8 Å². The lowest BCUT2D eigenvalue weighted by atomic mass is 10.1. The van der Waals surface area contributed by atoms with E-state index in [9.17, 15) is 9.59 Å². The number of carbonyl (C=O) groups excluding carboxylic acids is 2. The molecule has 0 spiro atoms. The molecular formula is C16H17N3O2. The molecular weight excluding hydrogens is 266 g/mol. The minimum atomic E-state index is -0.501. The average molecular weight is 283 g/mol. The number of primary amides is 1. The van der Waals surface area contributed by atoms with Crippen molar-refractivity contribution in [2.75, 3.05) is 11.1 Å². The first-order valence-corrected chi connectivity index (χ1v) is 6.46. The summed E-state index contributed by atoms with van der Waals surface area (Å²) in [6.07, 6.45) is 0. The van der Waals surface area contributed by atoms with Crippen molar-refractivity contribution in [3.05, 3.63) is 58.7 Å². The van der Waals surface area contributed by atoms with Gasteiger partial charge in [0, 0.05) is 16.9 Å². The highest BCUT2D eigenvalue weighted by Crippen LogP contribution is 2.20. The lowest BCUT2D eigenvalue weighted by Crippen LogP contribution is -2.16. The van der Waals surface area contributed by atoms with Gasteiger partial charge in [0.15, 0.2) is 0 Å². The van der Waals surface area contributed by atoms with Crippen LogP contribution in [-0.2, 0) is 0 Å². The molecule has 2 rings (SSSR count). The number of hydrogen-bond acceptors (Lipinski definition) is 3. The van der Waals surface area contributed by atoms with Crippen LogP contribution in [0.5, 0.6) is 0 Å². The first-order valence-electron chi connectivity index (χ1n) is 6.46. The van der Waals surface area contributed by atoms with E-state index >= 15 is 0 Å². The summed E-state index contributed by atoms with van der Waals surface area (Å²) in [6.45, 7) is 3.69. The average Bonchev–Trinajstić information content (AvgIpc) is 2.43. The number of nitrogens with one attached hydrogen (secondary N) is 1. The predicted octanol–water partition coefficient (Wildman–Crippen LogP) is 2.24. The quantitative estimate of drug-likeness (QED) is 0.753. The van der Waals surface area contributed by atoms with Crippen LogP contribution in [0.15, 0.2) is 36.4 Å². The molecule has 0 saturated carbocycles. The Hall–Kier alpha value is -2.82. The maximum Gasteiger partial charge on any atom is 0.257 e. The van der Waals surface area contributed by atoms with Crippen LogP contribution < -0.4 is 16.8 Å². The number of nitrogens with two attached hydrogens (primary N) is 2. The third-order valence-electron chi connectivity index (χ3n) is 3.21. The lowest BCUT2D eigenvalue weighted by molar-refractivity contribution is 0.0998. The van der Waals surface area contributed by atoms with Gasteiger partial charge in [-0.15, -0.1) is 0 Å². The monoisotopic (exact) mass is 283 g/mol. The maximum atomic E-state index is 12.3. The summed E-state index contributed by atoms with van der Waals surface area (Å²) in [5.41, 5.74) is 14.6. The minimum absolute atomic E-state index is 0.286. The molecule has 0 radical (unpaired) electrons. The van der Waals surface area contributed by atoms with Crippen LogP contribution in [0.1, 0.15) is 31.8 Å².